The third kappa shape index (κ3) is 4.03. The molecule has 0 fully saturated rings. The van der Waals surface area contributed by atoms with Crippen LogP contribution in [0.25, 0.3) is 33.5 Å². The van der Waals surface area contributed by atoms with E-state index in [0.717, 1.165) is 10.8 Å². The molecule has 0 spiro atoms. The zero-order valence-corrected chi connectivity index (χ0v) is 19.1. The van der Waals surface area contributed by atoms with Gasteiger partial charge in [-0.05, 0) is 52.0 Å². The van der Waals surface area contributed by atoms with E-state index in [2.05, 4.69) is 10.2 Å². The summed E-state index contributed by atoms with van der Waals surface area (Å²) in [6.45, 7) is 1.74. The van der Waals surface area contributed by atoms with E-state index in [9.17, 15) is 23.1 Å². The van der Waals surface area contributed by atoms with Crippen LogP contribution in [0.15, 0.2) is 89.8 Å². The van der Waals surface area contributed by atoms with E-state index in [1.807, 2.05) is 36.4 Å². The van der Waals surface area contributed by atoms with Crippen LogP contribution in [0.5, 0.6) is 0 Å². The lowest BCUT2D eigenvalue weighted by atomic mass is 10.1. The fourth-order valence-electron chi connectivity index (χ4n) is 3.91. The maximum absolute atomic E-state index is 12.0. The minimum Gasteiger partial charge on any atom is -0.282 e. The molecule has 0 atom stereocenters. The molecule has 1 heterocycles. The molecule has 0 saturated carbocycles. The molecule has 0 aliphatic rings. The first kappa shape index (κ1) is 22.3. The van der Waals surface area contributed by atoms with Crippen LogP contribution in [0.3, 0.4) is 0 Å². The van der Waals surface area contributed by atoms with Gasteiger partial charge in [0.2, 0.25) is 0 Å². The molecule has 0 amide bonds. The first-order valence-electron chi connectivity index (χ1n) is 10.4. The number of hydrogen-bond acceptors (Lipinski definition) is 6. The minimum absolute atomic E-state index is 0.0407. The Bertz CT molecular complexity index is 1720. The number of benzene rings is 4. The highest BCUT2D eigenvalue weighted by Crippen LogP contribution is 2.27. The van der Waals surface area contributed by atoms with Gasteiger partial charge in [-0.25, -0.2) is 0 Å². The molecule has 5 aromatic rings. The number of nitro groups is 1. The van der Waals surface area contributed by atoms with E-state index >= 15 is 0 Å². The summed E-state index contributed by atoms with van der Waals surface area (Å²) in [7, 11) is -4.58. The Morgan fingerprint density at radius 3 is 2.46 bits per heavy atom. The smallest absolute Gasteiger partial charge is 0.282 e. The largest absolute Gasteiger partial charge is 0.341 e. The summed E-state index contributed by atoms with van der Waals surface area (Å²) in [4.78, 5) is 13.7. The third-order valence-corrected chi connectivity index (χ3v) is 6.40. The van der Waals surface area contributed by atoms with Crippen molar-refractivity contribution in [2.45, 2.75) is 11.8 Å². The molecule has 1 aromatic heterocycles. The van der Waals surface area contributed by atoms with Gasteiger partial charge in [0, 0.05) is 16.2 Å². The van der Waals surface area contributed by atoms with E-state index in [1.165, 1.54) is 33.9 Å². The number of aromatic nitrogens is 4. The molecule has 0 bridgehead atoms. The Labute approximate surface area is 199 Å². The molecule has 174 valence electrons. The summed E-state index contributed by atoms with van der Waals surface area (Å²) < 4.78 is 33.8. The fraction of sp³-hybridized carbons (Fsp3) is 0.0417. The van der Waals surface area contributed by atoms with Crippen molar-refractivity contribution in [1.82, 2.24) is 15.0 Å². The van der Waals surface area contributed by atoms with Crippen LogP contribution in [-0.4, -0.2) is 32.9 Å². The molecule has 35 heavy (non-hydrogen) atoms. The molecule has 0 aliphatic heterocycles. The Balaban J connectivity index is 1.87. The Morgan fingerprint density at radius 1 is 0.971 bits per heavy atom. The number of hydrogen-bond donors (Lipinski definition) is 1. The molecule has 0 aliphatic carbocycles. The Hall–Kier alpha value is -4.48. The molecule has 0 unspecified atom stereocenters. The quantitative estimate of drug-likeness (QED) is 0.172. The first-order chi connectivity index (χ1) is 16.7. The monoisotopic (exact) mass is 488 g/mol. The van der Waals surface area contributed by atoms with E-state index in [4.69, 9.17) is 0 Å². The summed E-state index contributed by atoms with van der Waals surface area (Å²) in [6, 6.07) is 23.5. The summed E-state index contributed by atoms with van der Waals surface area (Å²) in [5.74, 6) is -0.0407. The topological polar surface area (TPSA) is 132 Å². The van der Waals surface area contributed by atoms with Crippen molar-refractivity contribution in [3.8, 4) is 22.8 Å². The van der Waals surface area contributed by atoms with Gasteiger partial charge in [-0.15, -0.1) is 0 Å². The van der Waals surface area contributed by atoms with Gasteiger partial charge in [-0.1, -0.05) is 54.6 Å². The van der Waals surface area contributed by atoms with Crippen molar-refractivity contribution in [2.75, 3.05) is 0 Å². The second-order valence-corrected chi connectivity index (χ2v) is 9.21. The summed E-state index contributed by atoms with van der Waals surface area (Å²) in [6.07, 6.45) is 0. The highest BCUT2D eigenvalue weighted by atomic mass is 32.2. The van der Waals surface area contributed by atoms with Crippen LogP contribution < -0.4 is 4.80 Å². The second kappa shape index (κ2) is 8.38. The minimum atomic E-state index is -4.58. The number of rotatable bonds is 5. The molecule has 11 heteroatoms. The molecule has 0 radical (unpaired) electrons. The zero-order chi connectivity index (χ0) is 24.7. The van der Waals surface area contributed by atoms with Crippen LogP contribution in [-0.2, 0) is 10.1 Å². The maximum Gasteiger partial charge on any atom is 0.341 e. The van der Waals surface area contributed by atoms with E-state index in [0.29, 0.717) is 11.3 Å². The first-order valence-corrected chi connectivity index (χ1v) is 11.9. The number of aryl methyl sites for hydroxylation is 1. The number of nitro benzene ring substituents is 1. The van der Waals surface area contributed by atoms with Crippen LogP contribution >= 0.6 is 0 Å². The van der Waals surface area contributed by atoms with Crippen LogP contribution in [0.2, 0.25) is 0 Å². The van der Waals surface area contributed by atoms with Gasteiger partial charge in [0.1, 0.15) is 10.6 Å². The van der Waals surface area contributed by atoms with Gasteiger partial charge in [0.15, 0.2) is 0 Å². The molecular weight excluding hydrogens is 470 g/mol. The zero-order valence-electron chi connectivity index (χ0n) is 18.3. The second-order valence-electron chi connectivity index (χ2n) is 7.82. The van der Waals surface area contributed by atoms with Gasteiger partial charge < -0.3 is 0 Å². The van der Waals surface area contributed by atoms with Crippen molar-refractivity contribution in [3.63, 3.8) is 0 Å². The molecule has 1 N–H and O–H groups in total. The van der Waals surface area contributed by atoms with Crippen LogP contribution in [0.1, 0.15) is 5.56 Å². The summed E-state index contributed by atoms with van der Waals surface area (Å²) in [5.41, 5.74) is 1.25. The summed E-state index contributed by atoms with van der Waals surface area (Å²) in [5, 5.41) is 22.6. The van der Waals surface area contributed by atoms with Crippen LogP contribution in [0.4, 0.5) is 5.69 Å². The SMILES string of the molecule is Cc1ccc(-[n+]2nc(-c3ccccc3S(=O)(=O)O)nn2-c2cccc3ccccc23)c([N+](=O)[O-])c1. The third-order valence-electron chi connectivity index (χ3n) is 5.49. The number of nitrogens with zero attached hydrogens (tertiary/aromatic N) is 5. The number of tetrazole rings is 1. The molecule has 10 nitrogen and oxygen atoms in total. The normalized spacial score (nSPS) is 11.6. The maximum atomic E-state index is 12.0. The Kier molecular flexibility index (Phi) is 5.35. The lowest BCUT2D eigenvalue weighted by molar-refractivity contribution is -0.736. The molecule has 5 rings (SSSR count). The van der Waals surface area contributed by atoms with Gasteiger partial charge in [-0.2, -0.15) is 8.42 Å². The van der Waals surface area contributed by atoms with Crippen molar-refractivity contribution < 1.29 is 22.7 Å². The predicted octanol–water partition coefficient (Wildman–Crippen LogP) is 3.83. The molecular formula is C24H18N5O5S+. The number of fused-ring (bicyclic) bond motifs is 1. The highest BCUT2D eigenvalue weighted by Gasteiger charge is 2.32. The molecule has 0 saturated heterocycles. The fourth-order valence-corrected chi connectivity index (χ4v) is 4.60. The average Bonchev–Trinajstić information content (AvgIpc) is 3.28. The molecule has 4 aromatic carbocycles. The Morgan fingerprint density at radius 2 is 1.69 bits per heavy atom. The van der Waals surface area contributed by atoms with E-state index in [-0.39, 0.29) is 27.7 Å². The summed E-state index contributed by atoms with van der Waals surface area (Å²) >= 11 is 0. The van der Waals surface area contributed by atoms with E-state index < -0.39 is 15.0 Å². The van der Waals surface area contributed by atoms with Crippen molar-refractivity contribution >= 4 is 26.6 Å². The van der Waals surface area contributed by atoms with Crippen molar-refractivity contribution in [3.05, 3.63) is 101 Å². The lowest BCUT2D eigenvalue weighted by Crippen LogP contribution is -2.43. The highest BCUT2D eigenvalue weighted by molar-refractivity contribution is 7.86. The van der Waals surface area contributed by atoms with E-state index in [1.54, 1.807) is 31.2 Å². The predicted molar refractivity (Wildman–Crippen MR) is 127 cm³/mol. The average molecular weight is 489 g/mol. The van der Waals surface area contributed by atoms with Gasteiger partial charge in [-0.3, -0.25) is 14.7 Å². The lowest BCUT2D eigenvalue weighted by Gasteiger charge is -2.05. The van der Waals surface area contributed by atoms with Gasteiger partial charge in [0.05, 0.1) is 15.6 Å². The van der Waals surface area contributed by atoms with Gasteiger partial charge in [0.25, 0.3) is 15.8 Å². The van der Waals surface area contributed by atoms with Crippen LogP contribution in [0, 0.1) is 17.0 Å². The standard InChI is InChI=1S/C24H17N5O5S/c1-16-13-14-21(22(15-16)29(30)31)28-26-24(19-10-4-5-12-23(19)35(32,33)34)25-27(28)20-11-6-8-17-7-2-3-9-18(17)20/h2-15H,1H3/p+1. The van der Waals surface area contributed by atoms with Crippen molar-refractivity contribution in [1.29, 1.82) is 0 Å². The van der Waals surface area contributed by atoms with Gasteiger partial charge >= 0.3 is 11.5 Å². The van der Waals surface area contributed by atoms with Crippen molar-refractivity contribution in [2.24, 2.45) is 0 Å².